The molecule has 0 fully saturated rings. The fourth-order valence-electron chi connectivity index (χ4n) is 7.28. The van der Waals surface area contributed by atoms with Crippen LogP contribution >= 0.6 is 0 Å². The Morgan fingerprint density at radius 2 is 0.878 bits per heavy atom. The first-order valence-electron chi connectivity index (χ1n) is 16.4. The van der Waals surface area contributed by atoms with Crippen molar-refractivity contribution in [2.45, 2.75) is 51.7 Å². The van der Waals surface area contributed by atoms with Crippen LogP contribution in [0, 0.1) is 33.1 Å². The third-order valence-electron chi connectivity index (χ3n) is 10.1. The van der Waals surface area contributed by atoms with Crippen LogP contribution in [0.1, 0.15) is 67.7 Å². The lowest BCUT2D eigenvalue weighted by atomic mass is 9.60. The van der Waals surface area contributed by atoms with Crippen LogP contribution in [0.4, 0.5) is 5.69 Å². The lowest BCUT2D eigenvalue weighted by molar-refractivity contribution is -0.331. The van der Waals surface area contributed by atoms with Gasteiger partial charge < -0.3 is 4.90 Å². The number of hydrogen-bond donors (Lipinski definition) is 2. The normalized spacial score (nSPS) is 14.6. The minimum Gasteiger partial charge on any atom is -0.314 e. The monoisotopic (exact) mass is 655 g/mol. The second-order valence-electron chi connectivity index (χ2n) is 13.4. The number of benzene rings is 5. The largest absolute Gasteiger partial charge is 0.314 e. The van der Waals surface area contributed by atoms with Gasteiger partial charge in [0.25, 0.3) is 0 Å². The van der Waals surface area contributed by atoms with Crippen LogP contribution in [-0.2, 0) is 25.8 Å². The Morgan fingerprint density at radius 3 is 1.20 bits per heavy atom. The highest BCUT2D eigenvalue weighted by Gasteiger charge is 2.61. The summed E-state index contributed by atoms with van der Waals surface area (Å²) in [5.74, 6) is -0.981. The molecule has 2 N–H and O–H groups in total. The average molecular weight is 656 g/mol. The third-order valence-corrected chi connectivity index (χ3v) is 10.1. The number of rotatable bonds is 10. The number of nitrogens with zero attached hydrogens (tertiary/aromatic N) is 1. The maximum absolute atomic E-state index is 15.3. The molecule has 0 radical (unpaired) electrons. The molecule has 1 heterocycles. The summed E-state index contributed by atoms with van der Waals surface area (Å²) in [7, 11) is 1.64. The number of aryl methyl sites for hydroxylation is 4. The first kappa shape index (κ1) is 34.0. The van der Waals surface area contributed by atoms with E-state index in [2.05, 4.69) is 0 Å². The highest BCUT2D eigenvalue weighted by molar-refractivity contribution is 6.24. The summed E-state index contributed by atoms with van der Waals surface area (Å²) in [5.41, 5.74) is 1.61. The van der Waals surface area contributed by atoms with E-state index in [1.165, 1.54) is 4.90 Å². The molecule has 6 rings (SSSR count). The SMILES string of the molecule is Cc1ccc(C(CC2(CC(OO)(c3ccc(C)cc3)c3ccc(C)cc3)C(=O)c3ccccc3N(C)C2=O)(OO)c2ccc(C)cc2)cc1. The van der Waals surface area contributed by atoms with Gasteiger partial charge in [0.05, 0.1) is 5.69 Å². The van der Waals surface area contributed by atoms with Gasteiger partial charge in [0.2, 0.25) is 5.91 Å². The van der Waals surface area contributed by atoms with Crippen molar-refractivity contribution >= 4 is 17.4 Å². The smallest absolute Gasteiger partial charge is 0.241 e. The topological polar surface area (TPSA) is 96.3 Å². The number of carbonyl (C=O) groups is 2. The van der Waals surface area contributed by atoms with Crippen LogP contribution < -0.4 is 4.90 Å². The molecule has 0 saturated heterocycles. The van der Waals surface area contributed by atoms with Gasteiger partial charge >= 0.3 is 0 Å². The van der Waals surface area contributed by atoms with Crippen molar-refractivity contribution in [3.05, 3.63) is 171 Å². The Morgan fingerprint density at radius 1 is 0.551 bits per heavy atom. The van der Waals surface area contributed by atoms with E-state index in [0.717, 1.165) is 22.3 Å². The molecule has 7 heteroatoms. The first-order valence-corrected chi connectivity index (χ1v) is 16.4. The molecular formula is C42H41NO6. The molecule has 0 aliphatic carbocycles. The van der Waals surface area contributed by atoms with Gasteiger partial charge in [-0.1, -0.05) is 131 Å². The molecule has 0 unspecified atom stereocenters. The van der Waals surface area contributed by atoms with Crippen molar-refractivity contribution in [1.82, 2.24) is 0 Å². The lowest BCUT2D eigenvalue weighted by Gasteiger charge is -2.48. The minimum atomic E-state index is -1.94. The van der Waals surface area contributed by atoms with E-state index in [1.807, 2.05) is 125 Å². The van der Waals surface area contributed by atoms with Crippen molar-refractivity contribution < 1.29 is 29.9 Å². The highest BCUT2D eigenvalue weighted by atomic mass is 17.1. The van der Waals surface area contributed by atoms with Gasteiger partial charge in [-0.05, 0) is 62.1 Å². The predicted molar refractivity (Wildman–Crippen MR) is 190 cm³/mol. The van der Waals surface area contributed by atoms with Crippen molar-refractivity contribution in [3.63, 3.8) is 0 Å². The second-order valence-corrected chi connectivity index (χ2v) is 13.4. The molecule has 1 aliphatic rings. The van der Waals surface area contributed by atoms with E-state index in [1.54, 1.807) is 31.3 Å². The summed E-state index contributed by atoms with van der Waals surface area (Å²) >= 11 is 0. The van der Waals surface area contributed by atoms with Crippen LogP contribution in [0.15, 0.2) is 121 Å². The van der Waals surface area contributed by atoms with E-state index >= 15 is 9.59 Å². The molecule has 5 aromatic rings. The minimum absolute atomic E-state index is 0.318. The summed E-state index contributed by atoms with van der Waals surface area (Å²) in [5, 5.41) is 22.3. The quantitative estimate of drug-likeness (QED) is 0.0888. The lowest BCUT2D eigenvalue weighted by Crippen LogP contribution is -2.58. The molecule has 0 aromatic heterocycles. The maximum atomic E-state index is 15.3. The van der Waals surface area contributed by atoms with Crippen molar-refractivity contribution in [3.8, 4) is 0 Å². The fourth-order valence-corrected chi connectivity index (χ4v) is 7.28. The summed E-state index contributed by atoms with van der Waals surface area (Å²) in [4.78, 5) is 43.2. The Balaban J connectivity index is 1.68. The van der Waals surface area contributed by atoms with Gasteiger partial charge in [0.1, 0.15) is 5.41 Å². The highest BCUT2D eigenvalue weighted by Crippen LogP contribution is 2.55. The van der Waals surface area contributed by atoms with Crippen LogP contribution in [0.5, 0.6) is 0 Å². The van der Waals surface area contributed by atoms with Crippen LogP contribution in [0.25, 0.3) is 0 Å². The van der Waals surface area contributed by atoms with Crippen molar-refractivity contribution in [2.24, 2.45) is 5.41 Å². The van der Waals surface area contributed by atoms with Gasteiger partial charge in [-0.15, -0.1) is 0 Å². The zero-order valence-electron chi connectivity index (χ0n) is 28.4. The van der Waals surface area contributed by atoms with E-state index in [4.69, 9.17) is 9.78 Å². The molecule has 250 valence electrons. The molecule has 7 nitrogen and oxygen atoms in total. The number of anilines is 1. The Kier molecular flexibility index (Phi) is 9.13. The van der Waals surface area contributed by atoms with Gasteiger partial charge in [-0.25, -0.2) is 9.78 Å². The third kappa shape index (κ3) is 5.79. The number of carbonyl (C=O) groups excluding carboxylic acids is 2. The van der Waals surface area contributed by atoms with Gasteiger partial charge in [-0.3, -0.25) is 20.1 Å². The van der Waals surface area contributed by atoms with Gasteiger partial charge in [0, 0.05) is 25.5 Å². The molecule has 5 aromatic carbocycles. The van der Waals surface area contributed by atoms with E-state index < -0.39 is 28.3 Å². The Hall–Kier alpha value is -4.92. The summed E-state index contributed by atoms with van der Waals surface area (Å²) < 4.78 is 0. The average Bonchev–Trinajstić information content (AvgIpc) is 3.12. The molecule has 1 aliphatic heterocycles. The Labute approximate surface area is 287 Å². The summed E-state index contributed by atoms with van der Waals surface area (Å²) in [6.45, 7) is 7.81. The number of fused-ring (bicyclic) bond motifs is 1. The summed E-state index contributed by atoms with van der Waals surface area (Å²) in [6, 6.07) is 36.9. The maximum Gasteiger partial charge on any atom is 0.241 e. The van der Waals surface area contributed by atoms with E-state index in [-0.39, 0.29) is 12.8 Å². The number of para-hydroxylation sites is 1. The van der Waals surface area contributed by atoms with Gasteiger partial charge in [0.15, 0.2) is 17.0 Å². The van der Waals surface area contributed by atoms with E-state index in [9.17, 15) is 10.5 Å². The number of Topliss-reactive ketones (excluding diaryl/α,β-unsaturated/α-hetero) is 1. The number of hydrogen-bond acceptors (Lipinski definition) is 6. The first-order chi connectivity index (χ1) is 23.5. The standard InChI is InChI=1S/C42H41NO6/c1-28-10-18-32(19-11-28)41(48-46,33-20-12-29(2)13-21-33)26-40(38(44)36-8-6-7-9-37(36)43(5)39(40)45)27-42(49-47,34-22-14-30(3)15-23-34)35-24-16-31(4)17-25-35/h6-25,46-47H,26-27H2,1-5H3. The zero-order valence-corrected chi connectivity index (χ0v) is 28.4. The van der Waals surface area contributed by atoms with E-state index in [0.29, 0.717) is 33.5 Å². The molecular weight excluding hydrogens is 614 g/mol. The van der Waals surface area contributed by atoms with Crippen molar-refractivity contribution in [1.29, 1.82) is 0 Å². The summed E-state index contributed by atoms with van der Waals surface area (Å²) in [6.07, 6.45) is -0.635. The fraction of sp³-hybridized carbons (Fsp3) is 0.238. The van der Waals surface area contributed by atoms with Crippen LogP contribution in [0.3, 0.4) is 0 Å². The predicted octanol–water partition coefficient (Wildman–Crippen LogP) is 8.71. The Bertz CT molecular complexity index is 1770. The second kappa shape index (κ2) is 13.2. The molecule has 49 heavy (non-hydrogen) atoms. The van der Waals surface area contributed by atoms with Crippen molar-refractivity contribution in [2.75, 3.05) is 11.9 Å². The zero-order chi connectivity index (χ0) is 35.0. The number of amides is 1. The van der Waals surface area contributed by atoms with Gasteiger partial charge in [-0.2, -0.15) is 0 Å². The molecule has 0 spiro atoms. The molecule has 1 amide bonds. The molecule has 0 atom stereocenters. The van der Waals surface area contributed by atoms with Crippen LogP contribution in [0.2, 0.25) is 0 Å². The molecule has 0 saturated carbocycles. The number of ketones is 1. The van der Waals surface area contributed by atoms with Crippen LogP contribution in [-0.4, -0.2) is 29.3 Å². The molecule has 0 bridgehead atoms.